The molecule has 0 spiro atoms. The van der Waals surface area contributed by atoms with Crippen LogP contribution in [0.2, 0.25) is 5.02 Å². The third-order valence-electron chi connectivity index (χ3n) is 5.10. The van der Waals surface area contributed by atoms with Crippen LogP contribution in [0.1, 0.15) is 18.9 Å². The van der Waals surface area contributed by atoms with Crippen LogP contribution in [0, 0.1) is 5.82 Å². The molecule has 32 heavy (non-hydrogen) atoms. The van der Waals surface area contributed by atoms with Crippen LogP contribution >= 0.6 is 24.0 Å². The molecule has 0 saturated carbocycles. The SMILES string of the molecule is CCOC(=O)CC1C(=O)N(CCOc2ccc(Cl)cc2)CCN1Cc1ccc(F)cc1.Cl. The Balaban J connectivity index is 0.00000363. The number of rotatable bonds is 9. The summed E-state index contributed by atoms with van der Waals surface area (Å²) in [6, 6.07) is 12.6. The number of esters is 1. The van der Waals surface area contributed by atoms with Crippen LogP contribution in [0.3, 0.4) is 0 Å². The zero-order chi connectivity index (χ0) is 22.2. The van der Waals surface area contributed by atoms with Gasteiger partial charge >= 0.3 is 5.97 Å². The molecular formula is C23H27Cl2FN2O4. The molecule has 9 heteroatoms. The topological polar surface area (TPSA) is 59.1 Å². The number of hydrogen-bond donors (Lipinski definition) is 0. The van der Waals surface area contributed by atoms with E-state index in [2.05, 4.69) is 0 Å². The van der Waals surface area contributed by atoms with Crippen molar-refractivity contribution in [3.8, 4) is 5.75 Å². The molecule has 1 heterocycles. The highest BCUT2D eigenvalue weighted by Gasteiger charge is 2.36. The number of nitrogens with zero attached hydrogens (tertiary/aromatic N) is 2. The van der Waals surface area contributed by atoms with E-state index in [1.807, 2.05) is 4.90 Å². The third kappa shape index (κ3) is 7.36. The van der Waals surface area contributed by atoms with E-state index in [0.29, 0.717) is 43.6 Å². The van der Waals surface area contributed by atoms with Crippen LogP contribution < -0.4 is 4.74 Å². The third-order valence-corrected chi connectivity index (χ3v) is 5.35. The first-order valence-corrected chi connectivity index (χ1v) is 10.7. The number of hydrogen-bond acceptors (Lipinski definition) is 5. The normalized spacial score (nSPS) is 16.4. The highest BCUT2D eigenvalue weighted by molar-refractivity contribution is 6.30. The lowest BCUT2D eigenvalue weighted by molar-refractivity contribution is -0.153. The van der Waals surface area contributed by atoms with Crippen LogP contribution in [0.5, 0.6) is 5.75 Å². The van der Waals surface area contributed by atoms with E-state index in [0.717, 1.165) is 5.56 Å². The Morgan fingerprint density at radius 3 is 2.47 bits per heavy atom. The number of halogens is 3. The number of amides is 1. The van der Waals surface area contributed by atoms with Gasteiger partial charge in [0.15, 0.2) is 0 Å². The molecule has 174 valence electrons. The van der Waals surface area contributed by atoms with Gasteiger partial charge in [0.05, 0.1) is 19.6 Å². The van der Waals surface area contributed by atoms with Crippen molar-refractivity contribution in [1.29, 1.82) is 0 Å². The Kier molecular flexibility index (Phi) is 10.2. The fourth-order valence-electron chi connectivity index (χ4n) is 3.52. The predicted octanol–water partition coefficient (Wildman–Crippen LogP) is 3.95. The maximum absolute atomic E-state index is 13.2. The van der Waals surface area contributed by atoms with Gasteiger partial charge in [-0.2, -0.15) is 0 Å². The van der Waals surface area contributed by atoms with Crippen LogP contribution in [0.15, 0.2) is 48.5 Å². The van der Waals surface area contributed by atoms with Crippen molar-refractivity contribution in [2.75, 3.05) is 32.8 Å². The highest BCUT2D eigenvalue weighted by atomic mass is 35.5. The second-order valence-corrected chi connectivity index (χ2v) is 7.69. The molecule has 6 nitrogen and oxygen atoms in total. The van der Waals surface area contributed by atoms with Gasteiger partial charge in [-0.3, -0.25) is 14.5 Å². The minimum Gasteiger partial charge on any atom is -0.492 e. The summed E-state index contributed by atoms with van der Waals surface area (Å²) in [5, 5.41) is 0.626. The van der Waals surface area contributed by atoms with E-state index in [1.165, 1.54) is 12.1 Å². The predicted molar refractivity (Wildman–Crippen MR) is 123 cm³/mol. The molecule has 0 radical (unpaired) electrons. The average Bonchev–Trinajstić information content (AvgIpc) is 2.75. The first kappa shape index (κ1) is 25.9. The Hall–Kier alpha value is -2.35. The van der Waals surface area contributed by atoms with Crippen LogP contribution in [-0.2, 0) is 20.9 Å². The molecule has 1 aliphatic heterocycles. The average molecular weight is 485 g/mol. The summed E-state index contributed by atoms with van der Waals surface area (Å²) < 4.78 is 24.0. The first-order valence-electron chi connectivity index (χ1n) is 10.3. The van der Waals surface area contributed by atoms with Crippen molar-refractivity contribution in [1.82, 2.24) is 9.80 Å². The van der Waals surface area contributed by atoms with E-state index < -0.39 is 12.0 Å². The lowest BCUT2D eigenvalue weighted by atomic mass is 10.1. The Morgan fingerprint density at radius 2 is 1.81 bits per heavy atom. The van der Waals surface area contributed by atoms with E-state index in [-0.39, 0.29) is 37.2 Å². The smallest absolute Gasteiger partial charge is 0.307 e. The molecule has 1 aliphatic rings. The first-order chi connectivity index (χ1) is 15.0. The minimum atomic E-state index is -0.631. The quantitative estimate of drug-likeness (QED) is 0.504. The van der Waals surface area contributed by atoms with Crippen LogP contribution in [-0.4, -0.2) is 60.6 Å². The highest BCUT2D eigenvalue weighted by Crippen LogP contribution is 2.20. The van der Waals surface area contributed by atoms with Gasteiger partial charge in [0.25, 0.3) is 0 Å². The van der Waals surface area contributed by atoms with Crippen molar-refractivity contribution in [3.63, 3.8) is 0 Å². The van der Waals surface area contributed by atoms with Gasteiger partial charge in [0, 0.05) is 24.7 Å². The zero-order valence-electron chi connectivity index (χ0n) is 17.8. The minimum absolute atomic E-state index is 0. The van der Waals surface area contributed by atoms with Gasteiger partial charge in [-0.1, -0.05) is 23.7 Å². The molecule has 0 N–H and O–H groups in total. The molecular weight excluding hydrogens is 458 g/mol. The molecule has 2 aromatic carbocycles. The number of benzene rings is 2. The van der Waals surface area contributed by atoms with E-state index >= 15 is 0 Å². The van der Waals surface area contributed by atoms with Crippen molar-refractivity contribution in [2.45, 2.75) is 25.9 Å². The Labute approximate surface area is 198 Å². The molecule has 2 aromatic rings. The molecule has 1 saturated heterocycles. The second-order valence-electron chi connectivity index (χ2n) is 7.25. The van der Waals surface area contributed by atoms with Gasteiger partial charge in [-0.25, -0.2) is 4.39 Å². The molecule has 3 rings (SSSR count). The lowest BCUT2D eigenvalue weighted by Gasteiger charge is -2.40. The van der Waals surface area contributed by atoms with Gasteiger partial charge in [0.1, 0.15) is 24.2 Å². The molecule has 0 aromatic heterocycles. The fourth-order valence-corrected chi connectivity index (χ4v) is 3.64. The van der Waals surface area contributed by atoms with Gasteiger partial charge in [-0.05, 0) is 48.9 Å². The number of carbonyl (C=O) groups excluding carboxylic acids is 2. The van der Waals surface area contributed by atoms with Crippen molar-refractivity contribution in [3.05, 3.63) is 64.9 Å². The van der Waals surface area contributed by atoms with Gasteiger partial charge < -0.3 is 14.4 Å². The summed E-state index contributed by atoms with van der Waals surface area (Å²) in [4.78, 5) is 28.9. The summed E-state index contributed by atoms with van der Waals surface area (Å²) in [5.74, 6) is -0.186. The number of ether oxygens (including phenoxy) is 2. The maximum atomic E-state index is 13.2. The maximum Gasteiger partial charge on any atom is 0.307 e. The van der Waals surface area contributed by atoms with Gasteiger partial charge in [0.2, 0.25) is 5.91 Å². The van der Waals surface area contributed by atoms with E-state index in [1.54, 1.807) is 48.2 Å². The van der Waals surface area contributed by atoms with E-state index in [4.69, 9.17) is 21.1 Å². The summed E-state index contributed by atoms with van der Waals surface area (Å²) in [6.45, 7) is 4.29. The van der Waals surface area contributed by atoms with Crippen LogP contribution in [0.25, 0.3) is 0 Å². The van der Waals surface area contributed by atoms with Gasteiger partial charge in [-0.15, -0.1) is 12.4 Å². The second kappa shape index (κ2) is 12.6. The lowest BCUT2D eigenvalue weighted by Crippen LogP contribution is -2.57. The standard InChI is InChI=1S/C23H26ClFN2O4.ClH/c1-2-30-22(28)15-21-23(29)26(13-14-31-20-9-5-18(24)6-10-20)11-12-27(21)16-17-3-7-19(25)8-4-17;/h3-10,21H,2,11-16H2,1H3;1H. The zero-order valence-corrected chi connectivity index (χ0v) is 19.4. The number of carbonyl (C=O) groups is 2. The van der Waals surface area contributed by atoms with Crippen molar-refractivity contribution in [2.24, 2.45) is 0 Å². The summed E-state index contributed by atoms with van der Waals surface area (Å²) >= 11 is 5.88. The number of piperazine rings is 1. The molecule has 0 aliphatic carbocycles. The molecule has 0 bridgehead atoms. The fraction of sp³-hybridized carbons (Fsp3) is 0.391. The Morgan fingerprint density at radius 1 is 1.12 bits per heavy atom. The molecule has 1 atom stereocenters. The molecule has 1 fully saturated rings. The van der Waals surface area contributed by atoms with Crippen LogP contribution in [0.4, 0.5) is 4.39 Å². The monoisotopic (exact) mass is 484 g/mol. The van der Waals surface area contributed by atoms with Crippen molar-refractivity contribution >= 4 is 35.9 Å². The summed E-state index contributed by atoms with van der Waals surface area (Å²) in [7, 11) is 0. The Bertz CT molecular complexity index is 881. The molecule has 1 amide bonds. The summed E-state index contributed by atoms with van der Waals surface area (Å²) in [6.07, 6.45) is -0.0254. The van der Waals surface area contributed by atoms with E-state index in [9.17, 15) is 14.0 Å². The summed E-state index contributed by atoms with van der Waals surface area (Å²) in [5.41, 5.74) is 0.877. The molecule has 1 unspecified atom stereocenters. The largest absolute Gasteiger partial charge is 0.492 e. The van der Waals surface area contributed by atoms with Crippen molar-refractivity contribution < 1.29 is 23.5 Å².